The van der Waals surface area contributed by atoms with Crippen LogP contribution in [0.15, 0.2) is 29.6 Å². The number of anilines is 1. The van der Waals surface area contributed by atoms with Crippen LogP contribution in [0.5, 0.6) is 0 Å². The zero-order chi connectivity index (χ0) is 15.3. The maximum Gasteiger partial charge on any atom is 0.242 e. The van der Waals surface area contributed by atoms with Crippen molar-refractivity contribution in [2.24, 2.45) is 0 Å². The van der Waals surface area contributed by atoms with E-state index in [0.29, 0.717) is 11.6 Å². The van der Waals surface area contributed by atoms with E-state index in [1.54, 1.807) is 12.4 Å². The second-order valence-electron chi connectivity index (χ2n) is 4.29. The van der Waals surface area contributed by atoms with Crippen molar-refractivity contribution in [2.75, 3.05) is 11.9 Å². The SMILES string of the molecule is CCCNc1ncc(S(=O)(=O)NCc2ncc[nH]2)cc1Cl. The van der Waals surface area contributed by atoms with Crippen LogP contribution in [0.25, 0.3) is 0 Å². The third kappa shape index (κ3) is 4.16. The molecular weight excluding hydrogens is 314 g/mol. The quantitative estimate of drug-likeness (QED) is 0.718. The summed E-state index contributed by atoms with van der Waals surface area (Å²) in [5.74, 6) is 1.00. The number of aromatic amines is 1. The number of halogens is 1. The number of hydrogen-bond acceptors (Lipinski definition) is 5. The third-order valence-electron chi connectivity index (χ3n) is 2.65. The van der Waals surface area contributed by atoms with E-state index in [0.717, 1.165) is 13.0 Å². The molecule has 2 heterocycles. The van der Waals surface area contributed by atoms with Gasteiger partial charge in [-0.25, -0.2) is 23.1 Å². The summed E-state index contributed by atoms with van der Waals surface area (Å²) in [6.07, 6.45) is 5.36. The molecule has 2 rings (SSSR count). The highest BCUT2D eigenvalue weighted by Crippen LogP contribution is 2.22. The molecule has 0 aliphatic heterocycles. The van der Waals surface area contributed by atoms with Crippen molar-refractivity contribution < 1.29 is 8.42 Å². The van der Waals surface area contributed by atoms with Gasteiger partial charge in [0.1, 0.15) is 16.5 Å². The van der Waals surface area contributed by atoms with Gasteiger partial charge in [-0.1, -0.05) is 18.5 Å². The minimum atomic E-state index is -3.68. The fourth-order valence-electron chi connectivity index (χ4n) is 1.58. The van der Waals surface area contributed by atoms with Crippen molar-refractivity contribution in [3.8, 4) is 0 Å². The molecule has 0 saturated carbocycles. The molecule has 0 aliphatic rings. The van der Waals surface area contributed by atoms with Gasteiger partial charge in [0.25, 0.3) is 0 Å². The minimum absolute atomic E-state index is 0.0149. The molecule has 114 valence electrons. The van der Waals surface area contributed by atoms with Crippen LogP contribution >= 0.6 is 11.6 Å². The Labute approximate surface area is 128 Å². The van der Waals surface area contributed by atoms with E-state index in [1.807, 2.05) is 6.92 Å². The maximum atomic E-state index is 12.1. The molecule has 0 fully saturated rings. The lowest BCUT2D eigenvalue weighted by Crippen LogP contribution is -2.24. The number of sulfonamides is 1. The standard InChI is InChI=1S/C12H16ClN5O2S/c1-2-3-16-12-10(13)6-9(7-17-12)21(19,20)18-8-11-14-4-5-15-11/h4-7,18H,2-3,8H2,1H3,(H,14,15)(H,16,17). The van der Waals surface area contributed by atoms with Crippen LogP contribution < -0.4 is 10.0 Å². The molecule has 9 heteroatoms. The summed E-state index contributed by atoms with van der Waals surface area (Å²) in [5.41, 5.74) is 0. The first-order chi connectivity index (χ1) is 10.0. The third-order valence-corrected chi connectivity index (χ3v) is 4.31. The predicted molar refractivity (Wildman–Crippen MR) is 80.6 cm³/mol. The van der Waals surface area contributed by atoms with Crippen LogP contribution in [0.2, 0.25) is 5.02 Å². The highest BCUT2D eigenvalue weighted by molar-refractivity contribution is 7.89. The van der Waals surface area contributed by atoms with Gasteiger partial charge < -0.3 is 10.3 Å². The van der Waals surface area contributed by atoms with Crippen molar-refractivity contribution in [3.63, 3.8) is 0 Å². The van der Waals surface area contributed by atoms with Crippen LogP contribution in [0.4, 0.5) is 5.82 Å². The van der Waals surface area contributed by atoms with Gasteiger partial charge >= 0.3 is 0 Å². The Kier molecular flexibility index (Phi) is 5.16. The Hall–Kier alpha value is -1.64. The number of nitrogens with one attached hydrogen (secondary N) is 3. The Bertz CT molecular complexity index is 688. The minimum Gasteiger partial charge on any atom is -0.369 e. The lowest BCUT2D eigenvalue weighted by Gasteiger charge is -2.09. The number of pyridine rings is 1. The van der Waals surface area contributed by atoms with E-state index in [4.69, 9.17) is 11.6 Å². The molecule has 0 saturated heterocycles. The number of nitrogens with zero attached hydrogens (tertiary/aromatic N) is 2. The molecule has 0 amide bonds. The molecule has 2 aromatic heterocycles. The van der Waals surface area contributed by atoms with Gasteiger partial charge in [0.05, 0.1) is 11.6 Å². The molecule has 0 spiro atoms. The summed E-state index contributed by atoms with van der Waals surface area (Å²) in [7, 11) is -3.68. The second kappa shape index (κ2) is 6.88. The average molecular weight is 330 g/mol. The Morgan fingerprint density at radius 1 is 1.38 bits per heavy atom. The van der Waals surface area contributed by atoms with Crippen LogP contribution in [0.3, 0.4) is 0 Å². The molecule has 21 heavy (non-hydrogen) atoms. The summed E-state index contributed by atoms with van der Waals surface area (Å²) in [6.45, 7) is 2.80. The molecule has 0 unspecified atom stereocenters. The van der Waals surface area contributed by atoms with Gasteiger partial charge in [-0.2, -0.15) is 0 Å². The van der Waals surface area contributed by atoms with Gasteiger partial charge in [-0.15, -0.1) is 0 Å². The fraction of sp³-hybridized carbons (Fsp3) is 0.333. The van der Waals surface area contributed by atoms with Crippen LogP contribution in [0.1, 0.15) is 19.2 Å². The first-order valence-electron chi connectivity index (χ1n) is 6.40. The zero-order valence-electron chi connectivity index (χ0n) is 11.4. The summed E-state index contributed by atoms with van der Waals surface area (Å²) >= 11 is 6.04. The van der Waals surface area contributed by atoms with E-state index in [9.17, 15) is 8.42 Å². The first kappa shape index (κ1) is 15.7. The van der Waals surface area contributed by atoms with E-state index >= 15 is 0 Å². The van der Waals surface area contributed by atoms with Crippen molar-refractivity contribution in [1.29, 1.82) is 0 Å². The largest absolute Gasteiger partial charge is 0.369 e. The van der Waals surface area contributed by atoms with Gasteiger partial charge in [0, 0.05) is 25.1 Å². The monoisotopic (exact) mass is 329 g/mol. The molecule has 0 aliphatic carbocycles. The highest BCUT2D eigenvalue weighted by atomic mass is 35.5. The van der Waals surface area contributed by atoms with Crippen LogP contribution in [-0.4, -0.2) is 29.9 Å². The second-order valence-corrected chi connectivity index (χ2v) is 6.46. The van der Waals surface area contributed by atoms with E-state index in [-0.39, 0.29) is 16.5 Å². The summed E-state index contributed by atoms with van der Waals surface area (Å²) in [5, 5.41) is 3.29. The summed E-state index contributed by atoms with van der Waals surface area (Å²) < 4.78 is 26.7. The van der Waals surface area contributed by atoms with Crippen molar-refractivity contribution in [1.82, 2.24) is 19.7 Å². The highest BCUT2D eigenvalue weighted by Gasteiger charge is 2.16. The maximum absolute atomic E-state index is 12.1. The Morgan fingerprint density at radius 3 is 2.81 bits per heavy atom. The molecule has 0 atom stereocenters. The van der Waals surface area contributed by atoms with E-state index < -0.39 is 10.0 Å². The number of hydrogen-bond donors (Lipinski definition) is 3. The first-order valence-corrected chi connectivity index (χ1v) is 8.26. The molecule has 7 nitrogen and oxygen atoms in total. The normalized spacial score (nSPS) is 11.5. The number of imidazole rings is 1. The van der Waals surface area contributed by atoms with E-state index in [1.165, 1.54) is 12.3 Å². The van der Waals surface area contributed by atoms with Crippen molar-refractivity contribution >= 4 is 27.4 Å². The van der Waals surface area contributed by atoms with Gasteiger partial charge in [-0.3, -0.25) is 0 Å². The number of aromatic nitrogens is 3. The van der Waals surface area contributed by atoms with Crippen LogP contribution in [0, 0.1) is 0 Å². The summed E-state index contributed by atoms with van der Waals surface area (Å²) in [4.78, 5) is 10.8. The van der Waals surface area contributed by atoms with Gasteiger partial charge in [0.15, 0.2) is 0 Å². The number of H-pyrrole nitrogens is 1. The fourth-order valence-corrected chi connectivity index (χ4v) is 2.84. The topological polar surface area (TPSA) is 99.8 Å². The van der Waals surface area contributed by atoms with Gasteiger partial charge in [0.2, 0.25) is 10.0 Å². The lowest BCUT2D eigenvalue weighted by molar-refractivity contribution is 0.579. The average Bonchev–Trinajstić information content (AvgIpc) is 2.97. The Morgan fingerprint density at radius 2 is 2.19 bits per heavy atom. The Balaban J connectivity index is 2.10. The smallest absolute Gasteiger partial charge is 0.242 e. The zero-order valence-corrected chi connectivity index (χ0v) is 13.0. The molecule has 3 N–H and O–H groups in total. The van der Waals surface area contributed by atoms with E-state index in [2.05, 4.69) is 25.0 Å². The van der Waals surface area contributed by atoms with Crippen LogP contribution in [-0.2, 0) is 16.6 Å². The molecule has 0 bridgehead atoms. The van der Waals surface area contributed by atoms with Crippen molar-refractivity contribution in [3.05, 3.63) is 35.5 Å². The lowest BCUT2D eigenvalue weighted by atomic mass is 10.4. The predicted octanol–water partition coefficient (Wildman–Crippen LogP) is 1.76. The number of rotatable bonds is 7. The summed E-state index contributed by atoms with van der Waals surface area (Å²) in [6, 6.07) is 1.37. The van der Waals surface area contributed by atoms with Crippen molar-refractivity contribution in [2.45, 2.75) is 24.8 Å². The molecule has 0 radical (unpaired) electrons. The van der Waals surface area contributed by atoms with Gasteiger partial charge in [-0.05, 0) is 12.5 Å². The molecule has 2 aromatic rings. The molecule has 0 aromatic carbocycles. The molecular formula is C12H16ClN5O2S.